The molecule has 10 nitrogen and oxygen atoms in total. The molecule has 0 aliphatic carbocycles. The topological polar surface area (TPSA) is 128 Å². The third kappa shape index (κ3) is 5.24. The van der Waals surface area contributed by atoms with E-state index in [2.05, 4.69) is 5.32 Å². The number of methoxy groups -OCH3 is 1. The third-order valence-corrected chi connectivity index (χ3v) is 5.23. The van der Waals surface area contributed by atoms with Gasteiger partial charge in [-0.05, 0) is 60.7 Å². The Kier molecular flexibility index (Phi) is 7.11. The zero-order valence-electron chi connectivity index (χ0n) is 17.2. The number of thioether (sulfide) groups is 1. The predicted octanol–water partition coefficient (Wildman–Crippen LogP) is 3.68. The van der Waals surface area contributed by atoms with Gasteiger partial charge in [-0.25, -0.2) is 0 Å². The lowest BCUT2D eigenvalue weighted by Crippen LogP contribution is -2.36. The normalized spacial score (nSPS) is 14.6. The molecular formula is C21H19N3O7S. The molecule has 0 spiro atoms. The minimum atomic E-state index is -0.652. The van der Waals surface area contributed by atoms with Crippen molar-refractivity contribution in [1.82, 2.24) is 4.90 Å². The molecule has 2 aromatic carbocycles. The predicted molar refractivity (Wildman–Crippen MR) is 119 cm³/mol. The van der Waals surface area contributed by atoms with Crippen LogP contribution < -0.4 is 14.8 Å². The highest BCUT2D eigenvalue weighted by molar-refractivity contribution is 8.18. The van der Waals surface area contributed by atoms with E-state index in [-0.39, 0.29) is 16.3 Å². The van der Waals surface area contributed by atoms with E-state index in [0.717, 1.165) is 4.90 Å². The maximum Gasteiger partial charge on any atom is 0.311 e. The van der Waals surface area contributed by atoms with E-state index < -0.39 is 28.5 Å². The Morgan fingerprint density at radius 3 is 2.56 bits per heavy atom. The van der Waals surface area contributed by atoms with Crippen LogP contribution in [0.3, 0.4) is 0 Å². The Morgan fingerprint density at radius 1 is 1.22 bits per heavy atom. The second kappa shape index (κ2) is 9.96. The molecule has 3 rings (SSSR count). The number of hydrogen-bond donors (Lipinski definition) is 1. The Hall–Kier alpha value is -3.86. The quantitative estimate of drug-likeness (QED) is 0.361. The molecule has 1 heterocycles. The summed E-state index contributed by atoms with van der Waals surface area (Å²) in [6.45, 7) is 1.91. The van der Waals surface area contributed by atoms with E-state index in [1.165, 1.54) is 31.4 Å². The first kappa shape index (κ1) is 22.8. The molecule has 0 aromatic heterocycles. The molecule has 0 bridgehead atoms. The number of carbonyl (C=O) groups excluding carboxylic acids is 3. The van der Waals surface area contributed by atoms with E-state index in [0.29, 0.717) is 35.4 Å². The van der Waals surface area contributed by atoms with Gasteiger partial charge in [-0.2, -0.15) is 0 Å². The third-order valence-electron chi connectivity index (χ3n) is 4.32. The number of nitro benzene ring substituents is 1. The van der Waals surface area contributed by atoms with Gasteiger partial charge in [0.2, 0.25) is 5.91 Å². The largest absolute Gasteiger partial charge is 0.494 e. The number of anilines is 1. The maximum absolute atomic E-state index is 12.6. The molecule has 32 heavy (non-hydrogen) atoms. The van der Waals surface area contributed by atoms with E-state index in [4.69, 9.17) is 9.47 Å². The highest BCUT2D eigenvalue weighted by atomic mass is 32.2. The lowest BCUT2D eigenvalue weighted by Gasteiger charge is -2.12. The van der Waals surface area contributed by atoms with Gasteiger partial charge in [0, 0.05) is 11.8 Å². The van der Waals surface area contributed by atoms with Gasteiger partial charge in [0.05, 0.1) is 23.5 Å². The van der Waals surface area contributed by atoms with E-state index in [9.17, 15) is 24.5 Å². The smallest absolute Gasteiger partial charge is 0.311 e. The number of ether oxygens (including phenoxy) is 2. The molecule has 2 aromatic rings. The first-order valence-corrected chi connectivity index (χ1v) is 10.2. The summed E-state index contributed by atoms with van der Waals surface area (Å²) >= 11 is 0.657. The van der Waals surface area contributed by atoms with Gasteiger partial charge in [-0.1, -0.05) is 6.07 Å². The standard InChI is InChI=1S/C21H19N3O7S/c1-3-31-15-7-5-14(6-8-15)22-19(25)12-23-20(26)18(32-21(23)27)11-13-4-9-17(30-2)16(10-13)24(28)29/h4-11H,3,12H2,1-2H3,(H,22,25)/b18-11+. The van der Waals surface area contributed by atoms with Crippen LogP contribution in [0.25, 0.3) is 6.08 Å². The van der Waals surface area contributed by atoms with Crippen LogP contribution in [0.2, 0.25) is 0 Å². The molecule has 0 saturated carbocycles. The molecule has 11 heteroatoms. The van der Waals surface area contributed by atoms with Crippen LogP contribution in [-0.2, 0) is 9.59 Å². The van der Waals surface area contributed by atoms with E-state index in [1.54, 1.807) is 24.3 Å². The van der Waals surface area contributed by atoms with Crippen molar-refractivity contribution < 1.29 is 28.8 Å². The van der Waals surface area contributed by atoms with Gasteiger partial charge in [-0.15, -0.1) is 0 Å². The molecule has 0 atom stereocenters. The van der Waals surface area contributed by atoms with Crippen molar-refractivity contribution >= 4 is 46.3 Å². The van der Waals surface area contributed by atoms with Crippen LogP contribution in [0.4, 0.5) is 16.2 Å². The molecule has 1 fully saturated rings. The van der Waals surface area contributed by atoms with Crippen LogP contribution >= 0.6 is 11.8 Å². The molecule has 3 amide bonds. The Bertz CT molecular complexity index is 1100. The number of nitrogens with zero attached hydrogens (tertiary/aromatic N) is 2. The highest BCUT2D eigenvalue weighted by Gasteiger charge is 2.36. The van der Waals surface area contributed by atoms with Crippen LogP contribution in [0.5, 0.6) is 11.5 Å². The van der Waals surface area contributed by atoms with Crippen molar-refractivity contribution in [2.75, 3.05) is 25.6 Å². The van der Waals surface area contributed by atoms with Gasteiger partial charge in [0.1, 0.15) is 12.3 Å². The first-order valence-electron chi connectivity index (χ1n) is 9.43. The average molecular weight is 457 g/mol. The summed E-state index contributed by atoms with van der Waals surface area (Å²) in [7, 11) is 1.31. The molecule has 1 aliphatic heterocycles. The summed E-state index contributed by atoms with van der Waals surface area (Å²) in [5.74, 6) is -0.468. The number of imide groups is 1. The monoisotopic (exact) mass is 457 g/mol. The second-order valence-corrected chi connectivity index (χ2v) is 7.46. The van der Waals surface area contributed by atoms with Crippen molar-refractivity contribution in [2.45, 2.75) is 6.92 Å². The SMILES string of the molecule is CCOc1ccc(NC(=O)CN2C(=O)S/C(=C/c3ccc(OC)c([N+](=O)[O-])c3)C2=O)cc1. The van der Waals surface area contributed by atoms with E-state index >= 15 is 0 Å². The average Bonchev–Trinajstić information content (AvgIpc) is 3.02. The lowest BCUT2D eigenvalue weighted by molar-refractivity contribution is -0.385. The van der Waals surface area contributed by atoms with Crippen LogP contribution in [-0.4, -0.2) is 47.1 Å². The summed E-state index contributed by atoms with van der Waals surface area (Å²) in [5, 5.41) is 13.2. The lowest BCUT2D eigenvalue weighted by atomic mass is 10.1. The number of nitrogens with one attached hydrogen (secondary N) is 1. The molecular weight excluding hydrogens is 438 g/mol. The van der Waals surface area contributed by atoms with Gasteiger partial charge >= 0.3 is 5.69 Å². The summed E-state index contributed by atoms with van der Waals surface area (Å²) < 4.78 is 10.3. The van der Waals surface area contributed by atoms with Crippen molar-refractivity contribution in [2.24, 2.45) is 0 Å². The molecule has 1 aliphatic rings. The molecule has 1 N–H and O–H groups in total. The molecule has 0 unspecified atom stereocenters. The van der Waals surface area contributed by atoms with Gasteiger partial charge in [0.25, 0.3) is 11.1 Å². The first-order chi connectivity index (χ1) is 15.3. The molecule has 0 radical (unpaired) electrons. The van der Waals surface area contributed by atoms with Gasteiger partial charge in [-0.3, -0.25) is 29.4 Å². The molecule has 1 saturated heterocycles. The summed E-state index contributed by atoms with van der Waals surface area (Å²) in [5.41, 5.74) is 0.573. The number of hydrogen-bond acceptors (Lipinski definition) is 8. The van der Waals surface area contributed by atoms with Gasteiger partial charge < -0.3 is 14.8 Å². The van der Waals surface area contributed by atoms with Crippen molar-refractivity contribution in [3.63, 3.8) is 0 Å². The summed E-state index contributed by atoms with van der Waals surface area (Å²) in [4.78, 5) is 48.7. The van der Waals surface area contributed by atoms with Crippen molar-refractivity contribution in [1.29, 1.82) is 0 Å². The van der Waals surface area contributed by atoms with Crippen LogP contribution in [0, 0.1) is 10.1 Å². The van der Waals surface area contributed by atoms with Gasteiger partial charge in [0.15, 0.2) is 5.75 Å². The fraction of sp³-hybridized carbons (Fsp3) is 0.190. The van der Waals surface area contributed by atoms with Crippen molar-refractivity contribution in [3.8, 4) is 11.5 Å². The fourth-order valence-electron chi connectivity index (χ4n) is 2.87. The summed E-state index contributed by atoms with van der Waals surface area (Å²) in [6.07, 6.45) is 1.36. The maximum atomic E-state index is 12.6. The molecule has 166 valence electrons. The number of nitro groups is 1. The zero-order chi connectivity index (χ0) is 23.3. The number of benzene rings is 2. The zero-order valence-corrected chi connectivity index (χ0v) is 18.0. The number of carbonyl (C=O) groups is 3. The Morgan fingerprint density at radius 2 is 1.94 bits per heavy atom. The minimum Gasteiger partial charge on any atom is -0.494 e. The van der Waals surface area contributed by atoms with Crippen LogP contribution in [0.1, 0.15) is 12.5 Å². The number of amides is 3. The van der Waals surface area contributed by atoms with Crippen LogP contribution in [0.15, 0.2) is 47.4 Å². The van der Waals surface area contributed by atoms with E-state index in [1.807, 2.05) is 6.92 Å². The Labute approximate surface area is 187 Å². The minimum absolute atomic E-state index is 0.0586. The summed E-state index contributed by atoms with van der Waals surface area (Å²) in [6, 6.07) is 10.8. The van der Waals surface area contributed by atoms with Crippen molar-refractivity contribution in [3.05, 3.63) is 63.0 Å². The number of rotatable bonds is 8. The highest BCUT2D eigenvalue weighted by Crippen LogP contribution is 2.34. The Balaban J connectivity index is 1.69. The fourth-order valence-corrected chi connectivity index (χ4v) is 3.71. The second-order valence-electron chi connectivity index (χ2n) is 6.46.